The number of halogens is 1. The van der Waals surface area contributed by atoms with Crippen molar-refractivity contribution in [3.63, 3.8) is 0 Å². The van der Waals surface area contributed by atoms with E-state index in [1.54, 1.807) is 12.1 Å². The summed E-state index contributed by atoms with van der Waals surface area (Å²) in [5, 5.41) is 3.50. The van der Waals surface area contributed by atoms with Crippen molar-refractivity contribution in [1.29, 1.82) is 0 Å². The molecule has 0 saturated heterocycles. The Morgan fingerprint density at radius 3 is 2.16 bits per heavy atom. The number of nitrogens with one attached hydrogen (secondary N) is 1. The average Bonchev–Trinajstić information content (AvgIpc) is 2.43. The minimum absolute atomic E-state index is 0.145. The first-order valence-corrected chi connectivity index (χ1v) is 7.78. The molecule has 0 amide bonds. The van der Waals surface area contributed by atoms with E-state index >= 15 is 0 Å². The van der Waals surface area contributed by atoms with Crippen molar-refractivity contribution < 1.29 is 4.39 Å². The minimum Gasteiger partial charge on any atom is -0.317 e. The van der Waals surface area contributed by atoms with Gasteiger partial charge in [0.1, 0.15) is 5.82 Å². The second kappa shape index (κ2) is 11.0. The van der Waals surface area contributed by atoms with Gasteiger partial charge in [-0.15, -0.1) is 0 Å². The van der Waals surface area contributed by atoms with Crippen molar-refractivity contribution in [1.82, 2.24) is 5.32 Å². The molecule has 1 aromatic rings. The van der Waals surface area contributed by atoms with E-state index in [9.17, 15) is 4.39 Å². The Morgan fingerprint density at radius 1 is 0.842 bits per heavy atom. The first kappa shape index (κ1) is 16.2. The molecular formula is C17H28FN. The highest BCUT2D eigenvalue weighted by Crippen LogP contribution is 2.06. The molecule has 1 aromatic carbocycles. The zero-order valence-corrected chi connectivity index (χ0v) is 12.3. The van der Waals surface area contributed by atoms with Gasteiger partial charge in [-0.3, -0.25) is 0 Å². The lowest BCUT2D eigenvalue weighted by Crippen LogP contribution is -2.16. The summed E-state index contributed by atoms with van der Waals surface area (Å²) in [6.45, 7) is 4.51. The van der Waals surface area contributed by atoms with Crippen LogP contribution in [0.2, 0.25) is 0 Å². The van der Waals surface area contributed by atoms with Crippen LogP contribution in [0.3, 0.4) is 0 Å². The normalized spacial score (nSPS) is 10.8. The molecule has 0 saturated carbocycles. The zero-order valence-electron chi connectivity index (χ0n) is 12.3. The summed E-state index contributed by atoms with van der Waals surface area (Å²) in [5.74, 6) is -0.145. The summed E-state index contributed by atoms with van der Waals surface area (Å²) >= 11 is 0. The molecule has 2 heteroatoms. The standard InChI is InChI=1S/C17H28FN/c1-2-3-4-5-7-14-19-15-8-6-9-16-10-12-17(18)13-11-16/h10-13,19H,2-9,14-15H2,1H3. The second-order valence-corrected chi connectivity index (χ2v) is 5.25. The van der Waals surface area contributed by atoms with Crippen LogP contribution in [0.15, 0.2) is 24.3 Å². The van der Waals surface area contributed by atoms with E-state index in [1.165, 1.54) is 50.5 Å². The Bertz CT molecular complexity index is 308. The van der Waals surface area contributed by atoms with Crippen molar-refractivity contribution in [2.75, 3.05) is 13.1 Å². The summed E-state index contributed by atoms with van der Waals surface area (Å²) in [5.41, 5.74) is 1.24. The quantitative estimate of drug-likeness (QED) is 0.571. The molecule has 0 atom stereocenters. The van der Waals surface area contributed by atoms with E-state index in [0.29, 0.717) is 0 Å². The lowest BCUT2D eigenvalue weighted by molar-refractivity contribution is 0.566. The van der Waals surface area contributed by atoms with Crippen molar-refractivity contribution in [3.8, 4) is 0 Å². The third-order valence-electron chi connectivity index (χ3n) is 3.44. The monoisotopic (exact) mass is 265 g/mol. The fourth-order valence-corrected chi connectivity index (χ4v) is 2.21. The van der Waals surface area contributed by atoms with Crippen molar-refractivity contribution >= 4 is 0 Å². The highest BCUT2D eigenvalue weighted by molar-refractivity contribution is 5.15. The third-order valence-corrected chi connectivity index (χ3v) is 3.44. The van der Waals surface area contributed by atoms with Crippen molar-refractivity contribution in [2.24, 2.45) is 0 Å². The molecule has 0 aromatic heterocycles. The lowest BCUT2D eigenvalue weighted by atomic mass is 10.1. The van der Waals surface area contributed by atoms with Crippen LogP contribution in [0.5, 0.6) is 0 Å². The Kier molecular flexibility index (Phi) is 9.34. The van der Waals surface area contributed by atoms with Gasteiger partial charge in [0.05, 0.1) is 0 Å². The van der Waals surface area contributed by atoms with E-state index in [-0.39, 0.29) is 5.82 Å². The van der Waals surface area contributed by atoms with Gasteiger partial charge in [-0.1, -0.05) is 44.7 Å². The molecular weight excluding hydrogens is 237 g/mol. The lowest BCUT2D eigenvalue weighted by Gasteiger charge is -2.05. The van der Waals surface area contributed by atoms with Crippen molar-refractivity contribution in [3.05, 3.63) is 35.6 Å². The van der Waals surface area contributed by atoms with E-state index in [1.807, 2.05) is 12.1 Å². The number of rotatable bonds is 11. The van der Waals surface area contributed by atoms with Crippen molar-refractivity contribution in [2.45, 2.75) is 58.3 Å². The van der Waals surface area contributed by atoms with Gasteiger partial charge in [0.2, 0.25) is 0 Å². The minimum atomic E-state index is -0.145. The molecule has 0 radical (unpaired) electrons. The number of aryl methyl sites for hydroxylation is 1. The summed E-state index contributed by atoms with van der Waals surface area (Å²) in [6.07, 6.45) is 10.2. The van der Waals surface area contributed by atoms with Gasteiger partial charge in [0, 0.05) is 0 Å². The molecule has 0 heterocycles. The first-order chi connectivity index (χ1) is 9.33. The molecule has 0 fully saturated rings. The maximum Gasteiger partial charge on any atom is 0.123 e. The smallest absolute Gasteiger partial charge is 0.123 e. The number of unbranched alkanes of at least 4 members (excludes halogenated alkanes) is 5. The van der Waals surface area contributed by atoms with Gasteiger partial charge in [0.25, 0.3) is 0 Å². The first-order valence-electron chi connectivity index (χ1n) is 7.78. The fourth-order valence-electron chi connectivity index (χ4n) is 2.21. The molecule has 0 aliphatic rings. The van der Waals surface area contributed by atoms with Gasteiger partial charge >= 0.3 is 0 Å². The van der Waals surface area contributed by atoms with E-state index in [2.05, 4.69) is 12.2 Å². The van der Waals surface area contributed by atoms with E-state index < -0.39 is 0 Å². The van der Waals surface area contributed by atoms with Crippen LogP contribution in [0, 0.1) is 5.82 Å². The van der Waals surface area contributed by atoms with E-state index in [0.717, 1.165) is 19.5 Å². The maximum absolute atomic E-state index is 12.7. The van der Waals surface area contributed by atoms with Gasteiger partial charge in [-0.2, -0.15) is 0 Å². The van der Waals surface area contributed by atoms with Crippen LogP contribution in [-0.2, 0) is 6.42 Å². The van der Waals surface area contributed by atoms with Crippen LogP contribution < -0.4 is 5.32 Å². The predicted octanol–water partition coefficient (Wildman–Crippen LogP) is 4.71. The third kappa shape index (κ3) is 8.77. The topological polar surface area (TPSA) is 12.0 Å². The summed E-state index contributed by atoms with van der Waals surface area (Å²) in [7, 11) is 0. The van der Waals surface area contributed by atoms with Gasteiger partial charge in [0.15, 0.2) is 0 Å². The second-order valence-electron chi connectivity index (χ2n) is 5.25. The molecule has 19 heavy (non-hydrogen) atoms. The molecule has 0 aliphatic carbocycles. The van der Waals surface area contributed by atoms with Crippen LogP contribution in [0.1, 0.15) is 57.4 Å². The predicted molar refractivity (Wildman–Crippen MR) is 81.0 cm³/mol. The molecule has 108 valence electrons. The molecule has 1 N–H and O–H groups in total. The van der Waals surface area contributed by atoms with E-state index in [4.69, 9.17) is 0 Å². The highest BCUT2D eigenvalue weighted by atomic mass is 19.1. The molecule has 0 spiro atoms. The molecule has 0 aliphatic heterocycles. The Hall–Kier alpha value is -0.890. The fraction of sp³-hybridized carbons (Fsp3) is 0.647. The molecule has 1 rings (SSSR count). The molecule has 1 nitrogen and oxygen atoms in total. The van der Waals surface area contributed by atoms with Gasteiger partial charge in [-0.05, 0) is 56.5 Å². The van der Waals surface area contributed by atoms with Crippen LogP contribution in [-0.4, -0.2) is 13.1 Å². The van der Waals surface area contributed by atoms with Crippen LogP contribution >= 0.6 is 0 Å². The highest BCUT2D eigenvalue weighted by Gasteiger charge is 1.95. The maximum atomic E-state index is 12.7. The Balaban J connectivity index is 1.87. The van der Waals surface area contributed by atoms with Crippen LogP contribution in [0.25, 0.3) is 0 Å². The molecule has 0 unspecified atom stereocenters. The Morgan fingerprint density at radius 2 is 1.47 bits per heavy atom. The Labute approximate surface area is 117 Å². The SMILES string of the molecule is CCCCCCCNCCCCc1ccc(F)cc1. The zero-order chi connectivity index (χ0) is 13.8. The number of hydrogen-bond donors (Lipinski definition) is 1. The summed E-state index contributed by atoms with van der Waals surface area (Å²) < 4.78 is 12.7. The van der Waals surface area contributed by atoms with Gasteiger partial charge in [-0.25, -0.2) is 4.39 Å². The number of benzene rings is 1. The van der Waals surface area contributed by atoms with Gasteiger partial charge < -0.3 is 5.32 Å². The summed E-state index contributed by atoms with van der Waals surface area (Å²) in [4.78, 5) is 0. The largest absolute Gasteiger partial charge is 0.317 e. The molecule has 0 bridgehead atoms. The van der Waals surface area contributed by atoms with Crippen LogP contribution in [0.4, 0.5) is 4.39 Å². The average molecular weight is 265 g/mol. The number of hydrogen-bond acceptors (Lipinski definition) is 1. The summed E-state index contributed by atoms with van der Waals surface area (Å²) in [6, 6.07) is 6.86.